The third-order valence-corrected chi connectivity index (χ3v) is 1.76. The Morgan fingerprint density at radius 2 is 1.89 bits per heavy atom. The van der Waals surface area contributed by atoms with Crippen molar-refractivity contribution in [1.29, 1.82) is 0 Å². The van der Waals surface area contributed by atoms with Crippen LogP contribution in [0.25, 0.3) is 0 Å². The first-order valence-electron chi connectivity index (χ1n) is 2.41. The minimum absolute atomic E-state index is 0. The van der Waals surface area contributed by atoms with Crippen LogP contribution in [0.5, 0.6) is 0 Å². The molecule has 0 aliphatic heterocycles. The fraction of sp³-hybridized carbons (Fsp3) is 1.00. The van der Waals surface area contributed by atoms with Crippen LogP contribution in [0.3, 0.4) is 0 Å². The van der Waals surface area contributed by atoms with Crippen LogP contribution in [0.1, 0.15) is 19.8 Å². The first-order chi connectivity index (χ1) is 3.62. The fourth-order valence-corrected chi connectivity index (χ4v) is 0.919. The summed E-state index contributed by atoms with van der Waals surface area (Å²) in [5.41, 5.74) is -0.341. The molecule has 48 valence electrons. The molecule has 1 rings (SSSR count). The zero-order valence-corrected chi connectivity index (χ0v) is 9.49. The average molecular weight is 174 g/mol. The summed E-state index contributed by atoms with van der Waals surface area (Å²) in [5.74, 6) is 0. The first-order valence-corrected chi connectivity index (χ1v) is 3.41. The zero-order valence-electron chi connectivity index (χ0n) is 5.55. The molecule has 0 heterocycles. The Morgan fingerprint density at radius 1 is 1.44 bits per heavy atom. The van der Waals surface area contributed by atoms with Gasteiger partial charge in [-0.15, -0.1) is 0 Å². The molecule has 1 aliphatic carbocycles. The maximum atomic E-state index is 9.83. The summed E-state index contributed by atoms with van der Waals surface area (Å²) in [7, 11) is -2.32. The summed E-state index contributed by atoms with van der Waals surface area (Å²) in [6.07, 6.45) is 1.72. The first kappa shape index (κ1) is 10.5. The van der Waals surface area contributed by atoms with Crippen LogP contribution in [0.4, 0.5) is 0 Å². The monoisotopic (exact) mass is 174 g/mol. The second-order valence-electron chi connectivity index (χ2n) is 2.24. The molecule has 5 heteroatoms. The third kappa shape index (κ3) is 4.08. The Kier molecular flexibility index (Phi) is 4.45. The van der Waals surface area contributed by atoms with Crippen molar-refractivity contribution in [3.8, 4) is 0 Å². The van der Waals surface area contributed by atoms with Gasteiger partial charge in [0.1, 0.15) is 0 Å². The van der Waals surface area contributed by atoms with E-state index in [1.54, 1.807) is 6.92 Å². The topological polar surface area (TPSA) is 43.4 Å². The van der Waals surface area contributed by atoms with Crippen molar-refractivity contribution in [3.63, 3.8) is 0 Å². The van der Waals surface area contributed by atoms with Gasteiger partial charge in [-0.3, -0.25) is 0 Å². The van der Waals surface area contributed by atoms with Crippen LogP contribution in [0.15, 0.2) is 0 Å². The molecular weight excluding hydrogens is 167 g/mol. The standard InChI is InChI=1S/C4H7O3S.K/c1-4(2-3-4)7-8(5)6;/h2-3H2,1H3;/q-1;+1. The largest absolute Gasteiger partial charge is 1.00 e. The van der Waals surface area contributed by atoms with Gasteiger partial charge in [-0.1, -0.05) is 0 Å². The van der Waals surface area contributed by atoms with Crippen molar-refractivity contribution < 1.29 is 64.0 Å². The molecule has 0 aromatic rings. The second kappa shape index (κ2) is 3.80. The van der Waals surface area contributed by atoms with E-state index in [2.05, 4.69) is 4.18 Å². The van der Waals surface area contributed by atoms with Crippen molar-refractivity contribution in [2.75, 3.05) is 0 Å². The zero-order chi connectivity index (χ0) is 6.20. The van der Waals surface area contributed by atoms with Gasteiger partial charge in [-0.05, 0) is 19.8 Å². The fourth-order valence-electron chi connectivity index (χ4n) is 0.424. The molecule has 0 saturated heterocycles. The SMILES string of the molecule is CC1(O[S-](=O)=O)CC1.[K+]. The summed E-state index contributed by atoms with van der Waals surface area (Å²) in [6, 6.07) is 0. The molecule has 0 N–H and O–H groups in total. The molecule has 0 bridgehead atoms. The smallest absolute Gasteiger partial charge is 0.419 e. The van der Waals surface area contributed by atoms with Gasteiger partial charge in [0.15, 0.2) is 0 Å². The summed E-state index contributed by atoms with van der Waals surface area (Å²) < 4.78 is 24.1. The van der Waals surface area contributed by atoms with E-state index in [-0.39, 0.29) is 57.0 Å². The molecule has 1 saturated carbocycles. The molecule has 1 fully saturated rings. The minimum Gasteiger partial charge on any atom is -0.419 e. The van der Waals surface area contributed by atoms with Gasteiger partial charge < -0.3 is 12.6 Å². The number of hydrogen-bond donors (Lipinski definition) is 0. The molecule has 1 aliphatic rings. The predicted molar refractivity (Wildman–Crippen MR) is 27.5 cm³/mol. The third-order valence-electron chi connectivity index (χ3n) is 1.22. The van der Waals surface area contributed by atoms with E-state index in [0.29, 0.717) is 0 Å². The van der Waals surface area contributed by atoms with Crippen molar-refractivity contribution in [3.05, 3.63) is 0 Å². The summed E-state index contributed by atoms with van der Waals surface area (Å²) in [6.45, 7) is 1.78. The molecule has 0 atom stereocenters. The van der Waals surface area contributed by atoms with E-state index in [9.17, 15) is 8.42 Å². The maximum Gasteiger partial charge on any atom is 1.00 e. The Labute approximate surface area is 98.7 Å². The van der Waals surface area contributed by atoms with E-state index in [0.717, 1.165) is 12.8 Å². The molecule has 0 aromatic carbocycles. The van der Waals surface area contributed by atoms with Crippen LogP contribution in [0, 0.1) is 0 Å². The van der Waals surface area contributed by atoms with E-state index in [4.69, 9.17) is 0 Å². The number of hydrogen-bond acceptors (Lipinski definition) is 4. The van der Waals surface area contributed by atoms with Gasteiger partial charge in [0.25, 0.3) is 0 Å². The molecule has 0 spiro atoms. The molecule has 0 aromatic heterocycles. The number of rotatable bonds is 2. The van der Waals surface area contributed by atoms with Gasteiger partial charge in [0.2, 0.25) is 0 Å². The van der Waals surface area contributed by atoms with Crippen molar-refractivity contribution in [1.82, 2.24) is 0 Å². The summed E-state index contributed by atoms with van der Waals surface area (Å²) in [4.78, 5) is 0. The van der Waals surface area contributed by atoms with E-state index >= 15 is 0 Å². The van der Waals surface area contributed by atoms with E-state index < -0.39 is 11.0 Å². The normalized spacial score (nSPS) is 21.1. The van der Waals surface area contributed by atoms with Crippen LogP contribution in [0.2, 0.25) is 0 Å². The van der Waals surface area contributed by atoms with Crippen molar-refractivity contribution >= 4 is 11.0 Å². The predicted octanol–water partition coefficient (Wildman–Crippen LogP) is -2.22. The molecule has 0 amide bonds. The Bertz CT molecular complexity index is 153. The van der Waals surface area contributed by atoms with Gasteiger partial charge in [0, 0.05) is 5.60 Å². The molecule has 0 radical (unpaired) electrons. The van der Waals surface area contributed by atoms with Crippen LogP contribution in [-0.4, -0.2) is 5.60 Å². The van der Waals surface area contributed by atoms with Gasteiger partial charge in [-0.25, -0.2) is 0 Å². The molecule has 0 unspecified atom stereocenters. The van der Waals surface area contributed by atoms with Gasteiger partial charge in [-0.2, -0.15) is 0 Å². The van der Waals surface area contributed by atoms with E-state index in [1.165, 1.54) is 0 Å². The van der Waals surface area contributed by atoms with Crippen molar-refractivity contribution in [2.45, 2.75) is 25.4 Å². The summed E-state index contributed by atoms with van der Waals surface area (Å²) >= 11 is 0. The van der Waals surface area contributed by atoms with Crippen LogP contribution < -0.4 is 51.4 Å². The molecule has 9 heavy (non-hydrogen) atoms. The second-order valence-corrected chi connectivity index (χ2v) is 2.81. The Hall–Kier alpha value is 1.55. The minimum atomic E-state index is -2.32. The Morgan fingerprint density at radius 3 is 2.00 bits per heavy atom. The molecule has 3 nitrogen and oxygen atoms in total. The van der Waals surface area contributed by atoms with Gasteiger partial charge in [0.05, 0.1) is 11.0 Å². The van der Waals surface area contributed by atoms with Crippen LogP contribution >= 0.6 is 0 Å². The van der Waals surface area contributed by atoms with Crippen molar-refractivity contribution in [2.24, 2.45) is 0 Å². The Balaban J connectivity index is 0.000000640. The summed E-state index contributed by atoms with van der Waals surface area (Å²) in [5, 5.41) is 0. The average Bonchev–Trinajstić information content (AvgIpc) is 2.17. The van der Waals surface area contributed by atoms with E-state index in [1.807, 2.05) is 0 Å². The molecular formula is C4H7KO3S. The van der Waals surface area contributed by atoms with Gasteiger partial charge >= 0.3 is 51.4 Å². The maximum absolute atomic E-state index is 9.83. The quantitative estimate of drug-likeness (QED) is 0.352. The van der Waals surface area contributed by atoms with Crippen LogP contribution in [-0.2, 0) is 23.6 Å².